The molecule has 3 aromatic carbocycles. The zero-order valence-electron chi connectivity index (χ0n) is 20.1. The van der Waals surface area contributed by atoms with Crippen LogP contribution in [0, 0.1) is 6.92 Å². The van der Waals surface area contributed by atoms with Gasteiger partial charge in [0.2, 0.25) is 0 Å². The van der Waals surface area contributed by atoms with E-state index in [4.69, 9.17) is 21.7 Å². The van der Waals surface area contributed by atoms with E-state index in [1.54, 1.807) is 17.5 Å². The molecule has 0 bridgehead atoms. The van der Waals surface area contributed by atoms with Gasteiger partial charge in [-0.3, -0.25) is 14.5 Å². The Bertz CT molecular complexity index is 1820. The Morgan fingerprint density at radius 1 is 1.05 bits per heavy atom. The summed E-state index contributed by atoms with van der Waals surface area (Å²) in [5.74, 6) is -0.872. The molecule has 0 aliphatic rings. The van der Waals surface area contributed by atoms with Gasteiger partial charge in [-0.2, -0.15) is 5.10 Å². The van der Waals surface area contributed by atoms with E-state index in [2.05, 4.69) is 11.1 Å². The molecule has 3 aromatic heterocycles. The van der Waals surface area contributed by atoms with Crippen molar-refractivity contribution in [2.75, 3.05) is 0 Å². The van der Waals surface area contributed by atoms with Crippen molar-refractivity contribution in [3.05, 3.63) is 89.1 Å². The minimum Gasteiger partial charge on any atom is -0.481 e. The maximum atomic E-state index is 11.7. The van der Waals surface area contributed by atoms with Crippen LogP contribution in [0.5, 0.6) is 0 Å². The molecule has 0 fully saturated rings. The molecule has 0 aliphatic carbocycles. The number of aromatic nitrogens is 4. The van der Waals surface area contributed by atoms with Gasteiger partial charge >= 0.3 is 5.97 Å². The van der Waals surface area contributed by atoms with Crippen molar-refractivity contribution in [3.8, 4) is 33.1 Å². The summed E-state index contributed by atoms with van der Waals surface area (Å²) in [6, 6.07) is 21.5. The monoisotopic (exact) mass is 524 g/mol. The van der Waals surface area contributed by atoms with Gasteiger partial charge in [0.15, 0.2) is 0 Å². The molecule has 0 amide bonds. The van der Waals surface area contributed by atoms with Crippen LogP contribution in [-0.2, 0) is 18.3 Å². The Labute approximate surface area is 221 Å². The Morgan fingerprint density at radius 2 is 1.84 bits per heavy atom. The van der Waals surface area contributed by atoms with Gasteiger partial charge in [0.25, 0.3) is 0 Å². The quantitative estimate of drug-likeness (QED) is 0.258. The van der Waals surface area contributed by atoms with Gasteiger partial charge in [0.05, 0.1) is 27.8 Å². The van der Waals surface area contributed by atoms with E-state index >= 15 is 0 Å². The number of thiazole rings is 1. The highest BCUT2D eigenvalue weighted by molar-refractivity contribution is 7.22. The lowest BCUT2D eigenvalue weighted by Gasteiger charge is -2.13. The predicted molar refractivity (Wildman–Crippen MR) is 149 cm³/mol. The number of hydrogen-bond acceptors (Lipinski definition) is 5. The minimum absolute atomic E-state index is 0.0703. The molecular formula is C29H21ClN4O2S. The summed E-state index contributed by atoms with van der Waals surface area (Å²) in [5, 5.41) is 16.9. The number of aliphatic carboxylic acids is 1. The molecule has 6 rings (SSSR count). The number of pyridine rings is 1. The van der Waals surface area contributed by atoms with E-state index in [1.165, 1.54) is 0 Å². The number of carboxylic acid groups (broad SMARTS) is 1. The third-order valence-corrected chi connectivity index (χ3v) is 7.87. The molecule has 0 saturated carbocycles. The van der Waals surface area contributed by atoms with Gasteiger partial charge in [-0.25, -0.2) is 4.98 Å². The number of aryl methyl sites for hydroxylation is 2. The Morgan fingerprint density at radius 3 is 2.62 bits per heavy atom. The molecule has 0 unspecified atom stereocenters. The fraction of sp³-hybridized carbons (Fsp3) is 0.103. The van der Waals surface area contributed by atoms with Crippen LogP contribution in [0.25, 0.3) is 54.2 Å². The van der Waals surface area contributed by atoms with Gasteiger partial charge in [0, 0.05) is 34.8 Å². The first-order valence-electron chi connectivity index (χ1n) is 11.7. The molecule has 0 saturated heterocycles. The highest BCUT2D eigenvalue weighted by atomic mass is 35.5. The first-order chi connectivity index (χ1) is 17.9. The molecule has 3 heterocycles. The van der Waals surface area contributed by atoms with Crippen LogP contribution in [-0.4, -0.2) is 30.8 Å². The molecule has 37 heavy (non-hydrogen) atoms. The SMILES string of the molecule is Cc1cc2nc(-c3ccnc(-c4nn(C)c5ccccc45)c3)sc2c(-c2ccc(Cl)cc2)c1CC(=O)O. The van der Waals surface area contributed by atoms with Gasteiger partial charge in [-0.1, -0.05) is 41.9 Å². The number of rotatable bonds is 5. The summed E-state index contributed by atoms with van der Waals surface area (Å²) in [4.78, 5) is 21.3. The van der Waals surface area contributed by atoms with Crippen LogP contribution >= 0.6 is 22.9 Å². The molecule has 0 radical (unpaired) electrons. The smallest absolute Gasteiger partial charge is 0.307 e. The van der Waals surface area contributed by atoms with E-state index in [1.807, 2.05) is 79.3 Å². The summed E-state index contributed by atoms with van der Waals surface area (Å²) in [5.41, 5.74) is 7.89. The van der Waals surface area contributed by atoms with Gasteiger partial charge in [-0.05, 0) is 60.0 Å². The lowest BCUT2D eigenvalue weighted by molar-refractivity contribution is -0.136. The number of benzene rings is 3. The average molecular weight is 525 g/mol. The van der Waals surface area contributed by atoms with Crippen LogP contribution in [0.4, 0.5) is 0 Å². The number of halogens is 1. The topological polar surface area (TPSA) is 80.9 Å². The standard InChI is InChI=1S/C29H21ClN4O2S/c1-16-13-23-28(26(21(16)15-25(35)36)17-7-9-19(30)10-8-17)37-29(32-23)18-11-12-31-22(14-18)27-20-5-3-4-6-24(20)34(2)33-27/h3-14H,15H2,1-2H3,(H,35,36). The second-order valence-corrected chi connectivity index (χ2v) is 10.3. The van der Waals surface area contributed by atoms with Crippen LogP contribution in [0.3, 0.4) is 0 Å². The van der Waals surface area contributed by atoms with E-state index in [0.29, 0.717) is 5.02 Å². The van der Waals surface area contributed by atoms with Gasteiger partial charge in [-0.15, -0.1) is 11.3 Å². The second kappa shape index (κ2) is 9.10. The largest absolute Gasteiger partial charge is 0.481 e. The normalized spacial score (nSPS) is 11.4. The number of para-hydroxylation sites is 1. The van der Waals surface area contributed by atoms with Gasteiger partial charge < -0.3 is 5.11 Å². The van der Waals surface area contributed by atoms with E-state index in [9.17, 15) is 9.90 Å². The van der Waals surface area contributed by atoms with Crippen molar-refractivity contribution in [2.45, 2.75) is 13.3 Å². The summed E-state index contributed by atoms with van der Waals surface area (Å²) in [6.07, 6.45) is 1.71. The summed E-state index contributed by atoms with van der Waals surface area (Å²) < 4.78 is 2.81. The van der Waals surface area contributed by atoms with E-state index < -0.39 is 5.97 Å². The molecular weight excluding hydrogens is 504 g/mol. The lowest BCUT2D eigenvalue weighted by atomic mass is 9.93. The fourth-order valence-corrected chi connectivity index (χ4v) is 6.02. The number of hydrogen-bond donors (Lipinski definition) is 1. The number of carbonyl (C=O) groups is 1. The number of carboxylic acids is 1. The predicted octanol–water partition coefficient (Wildman–Crippen LogP) is 7.17. The van der Waals surface area contributed by atoms with Crippen LogP contribution < -0.4 is 0 Å². The summed E-state index contributed by atoms with van der Waals surface area (Å²) in [7, 11) is 1.93. The van der Waals surface area contributed by atoms with Crippen molar-refractivity contribution in [2.24, 2.45) is 7.05 Å². The van der Waals surface area contributed by atoms with Crippen LogP contribution in [0.2, 0.25) is 5.02 Å². The highest BCUT2D eigenvalue weighted by Crippen LogP contribution is 2.41. The summed E-state index contributed by atoms with van der Waals surface area (Å²) >= 11 is 7.69. The summed E-state index contributed by atoms with van der Waals surface area (Å²) in [6.45, 7) is 1.94. The maximum absolute atomic E-state index is 11.7. The van der Waals surface area contributed by atoms with Crippen molar-refractivity contribution >= 4 is 50.0 Å². The maximum Gasteiger partial charge on any atom is 0.307 e. The fourth-order valence-electron chi connectivity index (χ4n) is 4.76. The highest BCUT2D eigenvalue weighted by Gasteiger charge is 2.20. The molecule has 0 aliphatic heterocycles. The van der Waals surface area contributed by atoms with Gasteiger partial charge in [0.1, 0.15) is 10.7 Å². The Hall–Kier alpha value is -4.07. The van der Waals surface area contributed by atoms with Crippen molar-refractivity contribution in [3.63, 3.8) is 0 Å². The van der Waals surface area contributed by atoms with Crippen molar-refractivity contribution in [1.29, 1.82) is 0 Å². The average Bonchev–Trinajstić information content (AvgIpc) is 3.46. The Kier molecular flexibility index (Phi) is 5.74. The van der Waals surface area contributed by atoms with E-state index in [-0.39, 0.29) is 6.42 Å². The minimum atomic E-state index is -0.872. The van der Waals surface area contributed by atoms with Crippen molar-refractivity contribution < 1.29 is 9.90 Å². The lowest BCUT2D eigenvalue weighted by Crippen LogP contribution is -2.04. The zero-order chi connectivity index (χ0) is 25.7. The van der Waals surface area contributed by atoms with Crippen LogP contribution in [0.15, 0.2) is 72.9 Å². The Balaban J connectivity index is 1.53. The number of nitrogens with zero attached hydrogens (tertiary/aromatic N) is 4. The first-order valence-corrected chi connectivity index (χ1v) is 12.9. The molecule has 1 N–H and O–H groups in total. The molecule has 182 valence electrons. The second-order valence-electron chi connectivity index (χ2n) is 8.91. The van der Waals surface area contributed by atoms with Crippen molar-refractivity contribution in [1.82, 2.24) is 19.7 Å². The molecule has 6 aromatic rings. The number of fused-ring (bicyclic) bond motifs is 2. The molecule has 8 heteroatoms. The third-order valence-electron chi connectivity index (χ3n) is 6.48. The molecule has 0 atom stereocenters. The van der Waals surface area contributed by atoms with Crippen LogP contribution in [0.1, 0.15) is 11.1 Å². The first kappa shape index (κ1) is 23.3. The molecule has 0 spiro atoms. The molecule has 6 nitrogen and oxygen atoms in total. The third kappa shape index (κ3) is 4.16. The zero-order valence-corrected chi connectivity index (χ0v) is 21.6. The van der Waals surface area contributed by atoms with E-state index in [0.717, 1.165) is 65.3 Å².